The second-order valence-corrected chi connectivity index (χ2v) is 7.49. The first-order chi connectivity index (χ1) is 9.61. The monoisotopic (exact) mass is 333 g/mol. The molecule has 2 aromatic heterocycles. The van der Waals surface area contributed by atoms with Crippen molar-refractivity contribution in [3.8, 4) is 0 Å². The Morgan fingerprint density at radius 3 is 1.76 bits per heavy atom. The fraction of sp³-hybridized carbons (Fsp3) is 0.500. The standard InChI is InChI=1S/C6H9ClN2O2S.C6H11N3/c1-5(2)9-4-3-6(8-9)12(7,10)11;1-5(2)9-4-3-6(7)8-9/h3-5H,1-2H3;3-5H,1-2H3,(H2,7,8). The minimum Gasteiger partial charge on any atom is -0.382 e. The van der Waals surface area contributed by atoms with E-state index in [0.29, 0.717) is 11.9 Å². The molecule has 0 radical (unpaired) electrons. The van der Waals surface area contributed by atoms with E-state index in [2.05, 4.69) is 24.0 Å². The molecule has 0 fully saturated rings. The van der Waals surface area contributed by atoms with Gasteiger partial charge in [0.25, 0.3) is 9.05 Å². The van der Waals surface area contributed by atoms with Crippen LogP contribution in [0.2, 0.25) is 0 Å². The quantitative estimate of drug-likeness (QED) is 0.870. The number of nitrogens with zero attached hydrogens (tertiary/aromatic N) is 4. The Labute approximate surface area is 129 Å². The normalized spacial score (nSPS) is 11.6. The van der Waals surface area contributed by atoms with Crippen LogP contribution in [-0.2, 0) is 9.05 Å². The maximum Gasteiger partial charge on any atom is 0.280 e. The molecule has 0 aliphatic heterocycles. The lowest BCUT2D eigenvalue weighted by atomic mass is 10.4. The molecule has 0 amide bonds. The lowest BCUT2D eigenvalue weighted by Crippen LogP contribution is -2.02. The van der Waals surface area contributed by atoms with Gasteiger partial charge >= 0.3 is 0 Å². The van der Waals surface area contributed by atoms with Crippen LogP contribution in [-0.4, -0.2) is 28.0 Å². The van der Waals surface area contributed by atoms with E-state index < -0.39 is 9.05 Å². The Morgan fingerprint density at radius 1 is 1.05 bits per heavy atom. The minimum atomic E-state index is -3.68. The number of hydrogen-bond donors (Lipinski definition) is 1. The number of hydrogen-bond acceptors (Lipinski definition) is 5. The molecule has 0 aliphatic carbocycles. The van der Waals surface area contributed by atoms with Crippen LogP contribution in [0.3, 0.4) is 0 Å². The van der Waals surface area contributed by atoms with Crippen LogP contribution >= 0.6 is 10.7 Å². The van der Waals surface area contributed by atoms with E-state index >= 15 is 0 Å². The summed E-state index contributed by atoms with van der Waals surface area (Å²) in [4.78, 5) is 0. The van der Waals surface area contributed by atoms with Crippen LogP contribution in [0.15, 0.2) is 29.6 Å². The summed E-state index contributed by atoms with van der Waals surface area (Å²) in [7, 11) is 1.40. The first-order valence-corrected chi connectivity index (χ1v) is 8.72. The van der Waals surface area contributed by atoms with Crippen molar-refractivity contribution in [2.24, 2.45) is 0 Å². The molecule has 7 nitrogen and oxygen atoms in total. The highest BCUT2D eigenvalue weighted by molar-refractivity contribution is 8.13. The molecule has 0 spiro atoms. The summed E-state index contributed by atoms with van der Waals surface area (Å²) in [5.41, 5.74) is 5.38. The smallest absolute Gasteiger partial charge is 0.280 e. The molecular weight excluding hydrogens is 314 g/mol. The fourth-order valence-electron chi connectivity index (χ4n) is 1.38. The third kappa shape index (κ3) is 5.39. The highest BCUT2D eigenvalue weighted by Crippen LogP contribution is 2.13. The van der Waals surface area contributed by atoms with Gasteiger partial charge in [-0.1, -0.05) is 0 Å². The van der Waals surface area contributed by atoms with Crippen molar-refractivity contribution in [3.63, 3.8) is 0 Å². The van der Waals surface area contributed by atoms with E-state index in [-0.39, 0.29) is 11.1 Å². The van der Waals surface area contributed by atoms with Crippen LogP contribution in [0, 0.1) is 0 Å². The number of halogens is 1. The first-order valence-electron chi connectivity index (χ1n) is 6.41. The Kier molecular flexibility index (Phi) is 5.79. The first kappa shape index (κ1) is 17.5. The van der Waals surface area contributed by atoms with Gasteiger partial charge in [0.05, 0.1) is 0 Å². The van der Waals surface area contributed by atoms with Crippen molar-refractivity contribution in [2.75, 3.05) is 5.73 Å². The Morgan fingerprint density at radius 2 is 1.52 bits per heavy atom. The zero-order valence-corrected chi connectivity index (χ0v) is 14.0. The minimum absolute atomic E-state index is 0.0992. The molecule has 0 aliphatic rings. The van der Waals surface area contributed by atoms with E-state index in [1.54, 1.807) is 12.3 Å². The molecule has 0 atom stereocenters. The van der Waals surface area contributed by atoms with Gasteiger partial charge in [0.1, 0.15) is 5.82 Å². The largest absolute Gasteiger partial charge is 0.382 e. The van der Waals surface area contributed by atoms with Crippen LogP contribution in [0.25, 0.3) is 0 Å². The molecule has 0 unspecified atom stereocenters. The van der Waals surface area contributed by atoms with Crippen molar-refractivity contribution >= 4 is 25.6 Å². The third-order valence-electron chi connectivity index (χ3n) is 2.52. The lowest BCUT2D eigenvalue weighted by molar-refractivity contribution is 0.517. The number of nitrogens with two attached hydrogens (primary N) is 1. The summed E-state index contributed by atoms with van der Waals surface area (Å²) >= 11 is 0. The highest BCUT2D eigenvalue weighted by Gasteiger charge is 2.13. The van der Waals surface area contributed by atoms with Gasteiger partial charge in [-0.15, -0.1) is 0 Å². The highest BCUT2D eigenvalue weighted by atomic mass is 35.7. The molecule has 0 saturated heterocycles. The molecule has 21 heavy (non-hydrogen) atoms. The molecule has 0 bridgehead atoms. The second kappa shape index (κ2) is 6.95. The molecule has 9 heteroatoms. The lowest BCUT2D eigenvalue weighted by Gasteiger charge is -2.02. The molecule has 2 aromatic rings. The van der Waals surface area contributed by atoms with Gasteiger partial charge in [-0.3, -0.25) is 9.36 Å². The van der Waals surface area contributed by atoms with Crippen LogP contribution < -0.4 is 5.73 Å². The number of rotatable bonds is 3. The molecule has 0 saturated carbocycles. The summed E-state index contributed by atoms with van der Waals surface area (Å²) in [6.07, 6.45) is 3.46. The fourth-order valence-corrected chi connectivity index (χ4v) is 2.04. The second-order valence-electron chi connectivity index (χ2n) is 4.98. The zero-order valence-electron chi connectivity index (χ0n) is 12.4. The van der Waals surface area contributed by atoms with E-state index in [1.807, 2.05) is 24.7 Å². The summed E-state index contributed by atoms with van der Waals surface area (Å²) in [5, 5.41) is 7.68. The Hall–Kier alpha value is -1.54. The van der Waals surface area contributed by atoms with Gasteiger partial charge in [-0.25, -0.2) is 8.42 Å². The molecule has 2 N–H and O–H groups in total. The number of aromatic nitrogens is 4. The zero-order chi connectivity index (χ0) is 16.2. The van der Waals surface area contributed by atoms with Crippen molar-refractivity contribution in [2.45, 2.75) is 44.8 Å². The van der Waals surface area contributed by atoms with Crippen LogP contribution in [0.5, 0.6) is 0 Å². The molecule has 2 heterocycles. The average Bonchev–Trinajstić information content (AvgIpc) is 2.96. The number of anilines is 1. The predicted molar refractivity (Wildman–Crippen MR) is 82.7 cm³/mol. The summed E-state index contributed by atoms with van der Waals surface area (Å²) < 4.78 is 24.9. The summed E-state index contributed by atoms with van der Waals surface area (Å²) in [5.74, 6) is 0.587. The van der Waals surface area contributed by atoms with Gasteiger partial charge in [0, 0.05) is 35.2 Å². The SMILES string of the molecule is CC(C)n1ccc(N)n1.CC(C)n1ccc(S(=O)(=O)Cl)n1. The van der Waals surface area contributed by atoms with Gasteiger partial charge in [-0.2, -0.15) is 10.2 Å². The summed E-state index contributed by atoms with van der Waals surface area (Å²) in [6, 6.07) is 3.71. The van der Waals surface area contributed by atoms with Gasteiger partial charge < -0.3 is 5.73 Å². The molecule has 0 aromatic carbocycles. The molecule has 2 rings (SSSR count). The Bertz CT molecular complexity index is 675. The maximum atomic E-state index is 10.8. The van der Waals surface area contributed by atoms with Crippen molar-refractivity contribution in [1.82, 2.24) is 19.6 Å². The average molecular weight is 334 g/mol. The van der Waals surface area contributed by atoms with Crippen molar-refractivity contribution < 1.29 is 8.42 Å². The summed E-state index contributed by atoms with van der Waals surface area (Å²) in [6.45, 7) is 7.92. The Balaban J connectivity index is 0.000000219. The number of nitrogen functional groups attached to an aromatic ring is 1. The van der Waals surface area contributed by atoms with Crippen molar-refractivity contribution in [3.05, 3.63) is 24.5 Å². The van der Waals surface area contributed by atoms with E-state index in [0.717, 1.165) is 0 Å². The van der Waals surface area contributed by atoms with Crippen LogP contribution in [0.4, 0.5) is 5.82 Å². The molecule has 118 valence electrons. The van der Waals surface area contributed by atoms with E-state index in [9.17, 15) is 8.42 Å². The predicted octanol–water partition coefficient (Wildman–Crippen LogP) is 2.44. The topological polar surface area (TPSA) is 95.8 Å². The van der Waals surface area contributed by atoms with Gasteiger partial charge in [-0.05, 0) is 39.8 Å². The van der Waals surface area contributed by atoms with Crippen molar-refractivity contribution in [1.29, 1.82) is 0 Å². The van der Waals surface area contributed by atoms with Crippen LogP contribution in [0.1, 0.15) is 39.8 Å². The van der Waals surface area contributed by atoms with E-state index in [1.165, 1.54) is 10.7 Å². The maximum absolute atomic E-state index is 10.8. The molecular formula is C12H20ClN5O2S. The van der Waals surface area contributed by atoms with E-state index in [4.69, 9.17) is 16.4 Å². The third-order valence-corrected chi connectivity index (χ3v) is 3.71. The van der Waals surface area contributed by atoms with Gasteiger partial charge in [0.2, 0.25) is 0 Å². The van der Waals surface area contributed by atoms with Gasteiger partial charge in [0.15, 0.2) is 5.03 Å².